The molecule has 0 saturated carbocycles. The van der Waals surface area contributed by atoms with Crippen molar-refractivity contribution >= 4 is 57.6 Å². The van der Waals surface area contributed by atoms with Gasteiger partial charge in [-0.05, 0) is 48.4 Å². The predicted molar refractivity (Wildman–Crippen MR) is 134 cm³/mol. The topological polar surface area (TPSA) is 120 Å². The van der Waals surface area contributed by atoms with Gasteiger partial charge in [0.05, 0.1) is 22.1 Å². The molecule has 0 radical (unpaired) electrons. The summed E-state index contributed by atoms with van der Waals surface area (Å²) in [5.41, 5.74) is 2.61. The Morgan fingerprint density at radius 2 is 1.83 bits per heavy atom. The minimum Gasteiger partial charge on any atom is -0.481 e. The first-order valence-corrected chi connectivity index (χ1v) is 11.2. The Balaban J connectivity index is 1.76. The second-order valence-corrected chi connectivity index (χ2v) is 8.46. The van der Waals surface area contributed by atoms with Gasteiger partial charge in [-0.2, -0.15) is 0 Å². The van der Waals surface area contributed by atoms with Gasteiger partial charge in [-0.3, -0.25) is 14.6 Å². The number of carboxylic acid groups (broad SMARTS) is 2. The summed E-state index contributed by atoms with van der Waals surface area (Å²) >= 11 is 12.4. The molecule has 35 heavy (non-hydrogen) atoms. The number of halogens is 2. The van der Waals surface area contributed by atoms with Crippen LogP contribution < -0.4 is 10.2 Å². The number of aliphatic carboxylic acids is 2. The smallest absolute Gasteiger partial charge is 0.326 e. The molecule has 0 fully saturated rings. The fourth-order valence-electron chi connectivity index (χ4n) is 3.44. The number of anilines is 1. The van der Waals surface area contributed by atoms with Gasteiger partial charge in [-0.1, -0.05) is 35.2 Å². The van der Waals surface area contributed by atoms with Crippen molar-refractivity contribution in [2.75, 3.05) is 11.4 Å². The number of amides is 1. The third-order valence-electron chi connectivity index (χ3n) is 5.22. The number of terminal acetylenes is 1. The van der Waals surface area contributed by atoms with Crippen LogP contribution in [0.25, 0.3) is 10.9 Å². The number of benzene rings is 2. The van der Waals surface area contributed by atoms with Crippen LogP contribution in [0.15, 0.2) is 48.7 Å². The van der Waals surface area contributed by atoms with E-state index in [0.29, 0.717) is 28.7 Å². The quantitative estimate of drug-likeness (QED) is 0.347. The van der Waals surface area contributed by atoms with Crippen molar-refractivity contribution in [2.45, 2.75) is 25.4 Å². The van der Waals surface area contributed by atoms with Crippen LogP contribution in [0.4, 0.5) is 5.69 Å². The highest BCUT2D eigenvalue weighted by Gasteiger charge is 2.21. The van der Waals surface area contributed by atoms with Crippen molar-refractivity contribution in [1.29, 1.82) is 0 Å². The van der Waals surface area contributed by atoms with Crippen LogP contribution in [0.1, 0.15) is 28.8 Å². The first-order valence-electron chi connectivity index (χ1n) is 10.5. The van der Waals surface area contributed by atoms with Crippen LogP contribution in [0.5, 0.6) is 0 Å². The maximum atomic E-state index is 12.5. The normalized spacial score (nSPS) is 11.5. The fourth-order valence-corrected chi connectivity index (χ4v) is 3.79. The molecule has 1 aromatic heterocycles. The Morgan fingerprint density at radius 1 is 1.11 bits per heavy atom. The van der Waals surface area contributed by atoms with Crippen molar-refractivity contribution < 1.29 is 24.6 Å². The van der Waals surface area contributed by atoms with Crippen molar-refractivity contribution in [2.24, 2.45) is 0 Å². The maximum absolute atomic E-state index is 12.5. The van der Waals surface area contributed by atoms with E-state index >= 15 is 0 Å². The average molecular weight is 514 g/mol. The van der Waals surface area contributed by atoms with Crippen LogP contribution in [0, 0.1) is 12.3 Å². The summed E-state index contributed by atoms with van der Waals surface area (Å²) in [6, 6.07) is 10.8. The summed E-state index contributed by atoms with van der Waals surface area (Å²) in [4.78, 5) is 40.7. The summed E-state index contributed by atoms with van der Waals surface area (Å²) in [5.74, 6) is -0.446. The molecule has 0 aliphatic heterocycles. The summed E-state index contributed by atoms with van der Waals surface area (Å²) < 4.78 is 0. The number of nitrogens with zero attached hydrogens (tertiary/aromatic N) is 2. The van der Waals surface area contributed by atoms with E-state index in [1.54, 1.807) is 24.3 Å². The minimum absolute atomic E-state index is 0.221. The minimum atomic E-state index is -1.31. The lowest BCUT2D eigenvalue weighted by Crippen LogP contribution is -2.41. The Kier molecular flexibility index (Phi) is 8.53. The van der Waals surface area contributed by atoms with Crippen molar-refractivity contribution in [1.82, 2.24) is 10.3 Å². The van der Waals surface area contributed by atoms with E-state index in [1.807, 2.05) is 23.1 Å². The summed E-state index contributed by atoms with van der Waals surface area (Å²) in [6.07, 6.45) is 6.47. The summed E-state index contributed by atoms with van der Waals surface area (Å²) in [6.45, 7) is 0.742. The number of rotatable bonds is 10. The van der Waals surface area contributed by atoms with Gasteiger partial charge in [-0.25, -0.2) is 4.79 Å². The first kappa shape index (κ1) is 25.8. The molecule has 180 valence electrons. The van der Waals surface area contributed by atoms with E-state index in [4.69, 9.17) is 34.7 Å². The van der Waals surface area contributed by atoms with Crippen molar-refractivity contribution in [3.63, 3.8) is 0 Å². The fraction of sp³-hybridized carbons (Fsp3) is 0.200. The van der Waals surface area contributed by atoms with Crippen LogP contribution >= 0.6 is 23.2 Å². The molecule has 0 unspecified atom stereocenters. The van der Waals surface area contributed by atoms with Crippen LogP contribution in [-0.2, 0) is 16.1 Å². The van der Waals surface area contributed by atoms with Crippen LogP contribution in [0.3, 0.4) is 0 Å². The number of hydrogen-bond acceptors (Lipinski definition) is 5. The molecule has 0 spiro atoms. The molecule has 10 heteroatoms. The monoisotopic (exact) mass is 513 g/mol. The molecule has 3 rings (SSSR count). The zero-order valence-corrected chi connectivity index (χ0v) is 19.9. The number of hydrogen-bond donors (Lipinski definition) is 3. The van der Waals surface area contributed by atoms with Gasteiger partial charge in [0.15, 0.2) is 0 Å². The Hall–Kier alpha value is -3.80. The molecular weight excluding hydrogens is 493 g/mol. The highest BCUT2D eigenvalue weighted by atomic mass is 35.5. The van der Waals surface area contributed by atoms with Crippen LogP contribution in [-0.4, -0.2) is 45.6 Å². The van der Waals surface area contributed by atoms with Gasteiger partial charge < -0.3 is 20.4 Å². The molecule has 3 aromatic rings. The molecule has 8 nitrogen and oxygen atoms in total. The molecule has 3 N–H and O–H groups in total. The summed E-state index contributed by atoms with van der Waals surface area (Å²) in [5, 5.41) is 21.9. The van der Waals surface area contributed by atoms with E-state index < -0.39 is 23.9 Å². The highest BCUT2D eigenvalue weighted by Crippen LogP contribution is 2.30. The van der Waals surface area contributed by atoms with E-state index in [2.05, 4.69) is 16.2 Å². The number of carboxylic acids is 2. The third kappa shape index (κ3) is 6.63. The first-order chi connectivity index (χ1) is 16.7. The molecule has 1 atom stereocenters. The molecule has 0 bridgehead atoms. The molecule has 2 aromatic carbocycles. The molecular formula is C25H21Cl2N3O5. The molecule has 0 aliphatic rings. The van der Waals surface area contributed by atoms with E-state index in [0.717, 1.165) is 16.6 Å². The number of nitrogens with one attached hydrogen (secondary N) is 1. The number of aromatic nitrogens is 1. The highest BCUT2D eigenvalue weighted by molar-refractivity contribution is 6.45. The van der Waals surface area contributed by atoms with Crippen molar-refractivity contribution in [3.05, 3.63) is 69.8 Å². The van der Waals surface area contributed by atoms with Gasteiger partial charge in [0, 0.05) is 35.8 Å². The summed E-state index contributed by atoms with van der Waals surface area (Å²) in [7, 11) is 0. The lowest BCUT2D eigenvalue weighted by molar-refractivity contribution is -0.140. The van der Waals surface area contributed by atoms with Gasteiger partial charge >= 0.3 is 11.9 Å². The predicted octanol–water partition coefficient (Wildman–Crippen LogP) is 4.23. The average Bonchev–Trinajstić information content (AvgIpc) is 2.83. The standard InChI is InChI=1S/C25H21Cl2N3O5/c1-2-11-30(14-15-3-8-20-18(12-15)23(27)19(26)13-28-20)17-6-4-16(5-7-17)24(33)29-21(25(34)35)9-10-22(31)32/h1,3-8,12-13,21H,9-11,14H2,(H,29,33)(H,31,32)(H,34,35)/t21-/m0/s1. The lowest BCUT2D eigenvalue weighted by Gasteiger charge is -2.23. The largest absolute Gasteiger partial charge is 0.481 e. The van der Waals surface area contributed by atoms with Gasteiger partial charge in [0.25, 0.3) is 5.91 Å². The number of fused-ring (bicyclic) bond motifs is 1. The molecule has 1 heterocycles. The van der Waals surface area contributed by atoms with Gasteiger partial charge in [-0.15, -0.1) is 6.42 Å². The van der Waals surface area contributed by atoms with Crippen molar-refractivity contribution in [3.8, 4) is 12.3 Å². The second-order valence-electron chi connectivity index (χ2n) is 7.68. The number of carbonyl (C=O) groups is 3. The van der Waals surface area contributed by atoms with E-state index in [-0.39, 0.29) is 18.4 Å². The number of carbonyl (C=O) groups excluding carboxylic acids is 1. The Morgan fingerprint density at radius 3 is 2.46 bits per heavy atom. The molecule has 0 aliphatic carbocycles. The third-order valence-corrected chi connectivity index (χ3v) is 6.02. The Labute approximate surface area is 211 Å². The zero-order valence-electron chi connectivity index (χ0n) is 18.4. The number of pyridine rings is 1. The SMILES string of the molecule is C#CCN(Cc1ccc2ncc(Cl)c(Cl)c2c1)c1ccc(C(=O)N[C@@H](CCC(=O)O)C(=O)O)cc1. The van der Waals surface area contributed by atoms with Gasteiger partial charge in [0.1, 0.15) is 6.04 Å². The molecule has 1 amide bonds. The second kappa shape index (κ2) is 11.6. The van der Waals surface area contributed by atoms with Crippen LogP contribution in [0.2, 0.25) is 10.0 Å². The Bertz CT molecular complexity index is 1300. The van der Waals surface area contributed by atoms with E-state index in [1.165, 1.54) is 6.20 Å². The zero-order chi connectivity index (χ0) is 25.5. The molecule has 0 saturated heterocycles. The van der Waals surface area contributed by atoms with E-state index in [9.17, 15) is 19.5 Å². The van der Waals surface area contributed by atoms with Gasteiger partial charge in [0.2, 0.25) is 0 Å². The maximum Gasteiger partial charge on any atom is 0.326 e. The lowest BCUT2D eigenvalue weighted by atomic mass is 10.1.